The lowest BCUT2D eigenvalue weighted by atomic mass is 10.1. The zero-order chi connectivity index (χ0) is 19.4. The average molecular weight is 438 g/mol. The van der Waals surface area contributed by atoms with E-state index >= 15 is 0 Å². The molecule has 1 aliphatic rings. The second-order valence-corrected chi connectivity index (χ2v) is 6.49. The fourth-order valence-electron chi connectivity index (χ4n) is 2.28. The Morgan fingerprint density at radius 2 is 1.77 bits per heavy atom. The van der Waals surface area contributed by atoms with E-state index in [-0.39, 0.29) is 17.3 Å². The first-order valence-electron chi connectivity index (χ1n) is 7.59. The first-order valence-corrected chi connectivity index (χ1v) is 8.79. The molecule has 0 bridgehead atoms. The summed E-state index contributed by atoms with van der Waals surface area (Å²) in [5.41, 5.74) is 0.543. The first kappa shape index (κ1) is 19.9. The van der Waals surface area contributed by atoms with Gasteiger partial charge in [0, 0.05) is 18.6 Å². The number of benzene rings is 1. The van der Waals surface area contributed by atoms with Gasteiger partial charge in [0.2, 0.25) is 0 Å². The van der Waals surface area contributed by atoms with Crippen molar-refractivity contribution in [1.82, 2.24) is 9.80 Å². The molecule has 0 saturated carbocycles. The van der Waals surface area contributed by atoms with E-state index in [0.29, 0.717) is 28.1 Å². The van der Waals surface area contributed by atoms with Gasteiger partial charge in [0.25, 0.3) is 11.8 Å². The molecule has 1 heterocycles. The fraction of sp³-hybridized carbons (Fsp3) is 0.294. The molecular formula is C17H16BrN3O4S. The lowest BCUT2D eigenvalue weighted by Gasteiger charge is -2.31. The Bertz CT molecular complexity index is 821. The summed E-state index contributed by atoms with van der Waals surface area (Å²) in [5, 5.41) is 8.83. The molecule has 9 heteroatoms. The van der Waals surface area contributed by atoms with Crippen LogP contribution >= 0.6 is 28.1 Å². The van der Waals surface area contributed by atoms with Crippen molar-refractivity contribution in [3.63, 3.8) is 0 Å². The van der Waals surface area contributed by atoms with Crippen molar-refractivity contribution < 1.29 is 19.1 Å². The van der Waals surface area contributed by atoms with Gasteiger partial charge >= 0.3 is 0 Å². The highest BCUT2D eigenvalue weighted by molar-refractivity contribution is 9.10. The largest absolute Gasteiger partial charge is 0.490 e. The molecule has 7 nitrogen and oxygen atoms in total. The van der Waals surface area contributed by atoms with Gasteiger partial charge in [0.05, 0.1) is 6.61 Å². The Morgan fingerprint density at radius 1 is 1.19 bits per heavy atom. The predicted octanol–water partition coefficient (Wildman–Crippen LogP) is 2.35. The maximum absolute atomic E-state index is 12.4. The fourth-order valence-corrected chi connectivity index (χ4v) is 2.89. The Hall–Kier alpha value is -2.44. The van der Waals surface area contributed by atoms with Crippen LogP contribution in [0, 0.1) is 11.3 Å². The normalized spacial score (nSPS) is 14.4. The highest BCUT2D eigenvalue weighted by Crippen LogP contribution is 2.35. The van der Waals surface area contributed by atoms with E-state index in [2.05, 4.69) is 15.9 Å². The summed E-state index contributed by atoms with van der Waals surface area (Å²) in [4.78, 5) is 27.4. The van der Waals surface area contributed by atoms with Gasteiger partial charge in [-0.05, 0) is 42.9 Å². The summed E-state index contributed by atoms with van der Waals surface area (Å²) in [6.45, 7) is 2.07. The quantitative estimate of drug-likeness (QED) is 0.399. The average Bonchev–Trinajstić information content (AvgIpc) is 2.63. The van der Waals surface area contributed by atoms with Crippen LogP contribution in [0.2, 0.25) is 0 Å². The molecule has 1 aromatic carbocycles. The van der Waals surface area contributed by atoms with Crippen molar-refractivity contribution in [2.45, 2.75) is 6.92 Å². The number of nitrogens with zero attached hydrogens (tertiary/aromatic N) is 3. The molecule has 0 aliphatic carbocycles. The number of thiocarbonyl (C=S) groups is 1. The van der Waals surface area contributed by atoms with E-state index in [9.17, 15) is 9.59 Å². The van der Waals surface area contributed by atoms with Crippen molar-refractivity contribution in [3.05, 3.63) is 27.7 Å². The molecule has 0 spiro atoms. The third-order valence-corrected chi connectivity index (χ3v) is 4.83. The number of amides is 2. The van der Waals surface area contributed by atoms with Gasteiger partial charge in [-0.1, -0.05) is 15.9 Å². The second kappa shape index (κ2) is 8.29. The van der Waals surface area contributed by atoms with E-state index in [1.807, 2.05) is 13.0 Å². The highest BCUT2D eigenvalue weighted by Gasteiger charge is 2.35. The van der Waals surface area contributed by atoms with Gasteiger partial charge in [-0.15, -0.1) is 0 Å². The van der Waals surface area contributed by atoms with E-state index in [1.54, 1.807) is 12.1 Å². The number of carbonyl (C=O) groups excluding carboxylic acids is 2. The SMILES string of the molecule is CCOc1cc(C=C2C(=O)N(C)C(=S)N(C)C2=O)c(Br)cc1OCC#N. The van der Waals surface area contributed by atoms with Crippen molar-refractivity contribution in [2.24, 2.45) is 0 Å². The van der Waals surface area contributed by atoms with Gasteiger partial charge < -0.3 is 9.47 Å². The summed E-state index contributed by atoms with van der Waals surface area (Å²) < 4.78 is 11.5. The minimum atomic E-state index is -0.479. The smallest absolute Gasteiger partial charge is 0.265 e. The van der Waals surface area contributed by atoms with Crippen LogP contribution < -0.4 is 9.47 Å². The summed E-state index contributed by atoms with van der Waals surface area (Å²) in [6, 6.07) is 5.16. The number of hydrogen-bond acceptors (Lipinski definition) is 6. The number of ether oxygens (including phenoxy) is 2. The number of halogens is 1. The molecule has 0 radical (unpaired) electrons. The van der Waals surface area contributed by atoms with Crippen LogP contribution in [0.3, 0.4) is 0 Å². The van der Waals surface area contributed by atoms with E-state index < -0.39 is 11.8 Å². The maximum Gasteiger partial charge on any atom is 0.265 e. The van der Waals surface area contributed by atoms with Crippen LogP contribution in [0.25, 0.3) is 6.08 Å². The Kier molecular flexibility index (Phi) is 6.34. The third kappa shape index (κ3) is 3.86. The molecule has 1 fully saturated rings. The summed E-state index contributed by atoms with van der Waals surface area (Å²) >= 11 is 8.47. The van der Waals surface area contributed by atoms with Crippen molar-refractivity contribution >= 4 is 51.2 Å². The van der Waals surface area contributed by atoms with Gasteiger partial charge in [-0.2, -0.15) is 5.26 Å². The standard InChI is InChI=1S/C17H16BrN3O4S/c1-4-24-13-8-10(12(18)9-14(13)25-6-5-19)7-11-15(22)20(2)17(26)21(3)16(11)23/h7-9H,4,6H2,1-3H3. The van der Waals surface area contributed by atoms with E-state index in [1.165, 1.54) is 30.0 Å². The van der Waals surface area contributed by atoms with Crippen molar-refractivity contribution in [1.29, 1.82) is 5.26 Å². The monoisotopic (exact) mass is 437 g/mol. The molecule has 2 rings (SSSR count). The molecule has 0 N–H and O–H groups in total. The Morgan fingerprint density at radius 3 is 2.31 bits per heavy atom. The number of carbonyl (C=O) groups is 2. The number of nitriles is 1. The number of likely N-dealkylation sites (N-methyl/N-ethyl adjacent to an activating group) is 2. The Balaban J connectivity index is 2.50. The van der Waals surface area contributed by atoms with Crippen LogP contribution in [-0.2, 0) is 9.59 Å². The van der Waals surface area contributed by atoms with E-state index in [4.69, 9.17) is 27.0 Å². The molecule has 1 aromatic rings. The van der Waals surface area contributed by atoms with Gasteiger partial charge in [0.1, 0.15) is 11.6 Å². The van der Waals surface area contributed by atoms with Gasteiger partial charge in [0.15, 0.2) is 23.2 Å². The van der Waals surface area contributed by atoms with Crippen LogP contribution in [-0.4, -0.2) is 54.0 Å². The zero-order valence-electron chi connectivity index (χ0n) is 14.4. The summed E-state index contributed by atoms with van der Waals surface area (Å²) in [7, 11) is 3.03. The van der Waals surface area contributed by atoms with Crippen LogP contribution in [0.4, 0.5) is 0 Å². The van der Waals surface area contributed by atoms with Gasteiger partial charge in [-0.25, -0.2) is 0 Å². The Labute approximate surface area is 164 Å². The number of hydrogen-bond donors (Lipinski definition) is 0. The third-order valence-electron chi connectivity index (χ3n) is 3.60. The highest BCUT2D eigenvalue weighted by atomic mass is 79.9. The van der Waals surface area contributed by atoms with Crippen LogP contribution in [0.1, 0.15) is 12.5 Å². The summed E-state index contributed by atoms with van der Waals surface area (Å²) in [5.74, 6) is -0.162. The number of rotatable bonds is 5. The van der Waals surface area contributed by atoms with Gasteiger partial charge in [-0.3, -0.25) is 19.4 Å². The van der Waals surface area contributed by atoms with Crippen molar-refractivity contribution in [3.8, 4) is 17.6 Å². The molecular weight excluding hydrogens is 422 g/mol. The lowest BCUT2D eigenvalue weighted by molar-refractivity contribution is -0.132. The molecule has 0 unspecified atom stereocenters. The molecule has 26 heavy (non-hydrogen) atoms. The van der Waals surface area contributed by atoms with Crippen LogP contribution in [0.5, 0.6) is 11.5 Å². The minimum absolute atomic E-state index is 0.0163. The minimum Gasteiger partial charge on any atom is -0.490 e. The molecule has 1 saturated heterocycles. The molecule has 0 atom stereocenters. The molecule has 0 aromatic heterocycles. The molecule has 2 amide bonds. The van der Waals surface area contributed by atoms with E-state index in [0.717, 1.165) is 0 Å². The molecule has 136 valence electrons. The van der Waals surface area contributed by atoms with Crippen molar-refractivity contribution in [2.75, 3.05) is 27.3 Å². The van der Waals surface area contributed by atoms with Crippen LogP contribution in [0.15, 0.2) is 22.2 Å². The predicted molar refractivity (Wildman–Crippen MR) is 103 cm³/mol. The second-order valence-electron chi connectivity index (χ2n) is 5.27. The zero-order valence-corrected chi connectivity index (χ0v) is 16.8. The maximum atomic E-state index is 12.4. The first-order chi connectivity index (χ1) is 12.3. The topological polar surface area (TPSA) is 82.9 Å². The molecule has 1 aliphatic heterocycles. The summed E-state index contributed by atoms with van der Waals surface area (Å²) in [6.07, 6.45) is 1.47. The lowest BCUT2D eigenvalue weighted by Crippen LogP contribution is -2.52.